The third-order valence-electron chi connectivity index (χ3n) is 2.24. The molecule has 0 saturated heterocycles. The summed E-state index contributed by atoms with van der Waals surface area (Å²) in [7, 11) is 0. The highest BCUT2D eigenvalue weighted by molar-refractivity contribution is 5.61. The predicted molar refractivity (Wildman–Crippen MR) is 56.2 cm³/mol. The summed E-state index contributed by atoms with van der Waals surface area (Å²) in [5.41, 5.74) is 1.73. The van der Waals surface area contributed by atoms with Crippen LogP contribution in [0, 0.1) is 0 Å². The van der Waals surface area contributed by atoms with Gasteiger partial charge in [-0.05, 0) is 12.5 Å². The molecule has 0 unspecified atom stereocenters. The van der Waals surface area contributed by atoms with Crippen LogP contribution in [0.4, 0.5) is 0 Å². The van der Waals surface area contributed by atoms with Crippen LogP contribution in [0.3, 0.4) is 0 Å². The van der Waals surface area contributed by atoms with E-state index in [1.54, 1.807) is 10.9 Å². The zero-order valence-electron chi connectivity index (χ0n) is 8.03. The van der Waals surface area contributed by atoms with Crippen molar-refractivity contribution >= 4 is 0 Å². The van der Waals surface area contributed by atoms with E-state index in [-0.39, 0.29) is 5.56 Å². The molecule has 1 N–H and O–H groups in total. The first-order valence-corrected chi connectivity index (χ1v) is 4.66. The first-order chi connectivity index (χ1) is 6.83. The van der Waals surface area contributed by atoms with Crippen molar-refractivity contribution in [2.75, 3.05) is 0 Å². The lowest BCUT2D eigenvalue weighted by Crippen LogP contribution is -2.16. The molecular formula is C11H12N2O. The van der Waals surface area contributed by atoms with E-state index in [4.69, 9.17) is 0 Å². The molecular weight excluding hydrogens is 176 g/mol. The Balaban J connectivity index is 2.53. The highest BCUT2D eigenvalue weighted by Gasteiger charge is 2.05. The Labute approximate surface area is 82.0 Å². The lowest BCUT2D eigenvalue weighted by Gasteiger charge is -1.94. The van der Waals surface area contributed by atoms with Crippen LogP contribution >= 0.6 is 0 Å². The highest BCUT2D eigenvalue weighted by atomic mass is 16.1. The van der Waals surface area contributed by atoms with Gasteiger partial charge in [0.15, 0.2) is 0 Å². The molecule has 0 spiro atoms. The molecule has 0 atom stereocenters. The SMILES string of the molecule is CCn1[nH]cc(-c2ccccc2)c1=O. The molecule has 0 fully saturated rings. The molecule has 0 bridgehead atoms. The molecule has 0 radical (unpaired) electrons. The van der Waals surface area contributed by atoms with Crippen molar-refractivity contribution < 1.29 is 0 Å². The van der Waals surface area contributed by atoms with E-state index >= 15 is 0 Å². The molecule has 14 heavy (non-hydrogen) atoms. The summed E-state index contributed by atoms with van der Waals surface area (Å²) in [6.45, 7) is 2.61. The van der Waals surface area contributed by atoms with E-state index in [2.05, 4.69) is 5.10 Å². The van der Waals surface area contributed by atoms with Crippen LogP contribution < -0.4 is 5.56 Å². The van der Waals surface area contributed by atoms with Gasteiger partial charge in [-0.15, -0.1) is 0 Å². The molecule has 3 heteroatoms. The van der Waals surface area contributed by atoms with Crippen LogP contribution in [-0.2, 0) is 6.54 Å². The van der Waals surface area contributed by atoms with Gasteiger partial charge in [0.1, 0.15) is 0 Å². The lowest BCUT2D eigenvalue weighted by molar-refractivity contribution is 0.638. The van der Waals surface area contributed by atoms with Crippen LogP contribution in [-0.4, -0.2) is 9.78 Å². The van der Waals surface area contributed by atoms with Gasteiger partial charge in [0.25, 0.3) is 5.56 Å². The number of aromatic nitrogens is 2. The first-order valence-electron chi connectivity index (χ1n) is 4.66. The second-order valence-corrected chi connectivity index (χ2v) is 3.10. The second kappa shape index (κ2) is 3.54. The van der Waals surface area contributed by atoms with Gasteiger partial charge in [-0.2, -0.15) is 0 Å². The van der Waals surface area contributed by atoms with Crippen LogP contribution in [0.15, 0.2) is 41.3 Å². The minimum absolute atomic E-state index is 0.0405. The zero-order valence-corrected chi connectivity index (χ0v) is 8.03. The molecule has 72 valence electrons. The minimum Gasteiger partial charge on any atom is -0.302 e. The number of aromatic amines is 1. The van der Waals surface area contributed by atoms with Gasteiger partial charge in [-0.1, -0.05) is 30.3 Å². The van der Waals surface area contributed by atoms with Crippen molar-refractivity contribution in [1.82, 2.24) is 9.78 Å². The van der Waals surface area contributed by atoms with Crippen molar-refractivity contribution in [2.24, 2.45) is 0 Å². The number of aryl methyl sites for hydroxylation is 1. The summed E-state index contributed by atoms with van der Waals surface area (Å²) in [5.74, 6) is 0. The number of benzene rings is 1. The first kappa shape index (κ1) is 8.81. The van der Waals surface area contributed by atoms with E-state index in [1.807, 2.05) is 37.3 Å². The fraction of sp³-hybridized carbons (Fsp3) is 0.182. The quantitative estimate of drug-likeness (QED) is 0.767. The molecule has 1 aromatic heterocycles. The average molecular weight is 188 g/mol. The van der Waals surface area contributed by atoms with E-state index in [0.717, 1.165) is 11.1 Å². The number of hydrogen-bond donors (Lipinski definition) is 1. The Morgan fingerprint density at radius 2 is 2.00 bits per heavy atom. The third-order valence-corrected chi connectivity index (χ3v) is 2.24. The van der Waals surface area contributed by atoms with Crippen LogP contribution in [0.5, 0.6) is 0 Å². The number of rotatable bonds is 2. The molecule has 0 saturated carbocycles. The Morgan fingerprint density at radius 3 is 2.57 bits per heavy atom. The summed E-state index contributed by atoms with van der Waals surface area (Å²) >= 11 is 0. The molecule has 0 amide bonds. The molecule has 2 rings (SSSR count). The summed E-state index contributed by atoms with van der Waals surface area (Å²) in [6, 6.07) is 9.67. The molecule has 0 aliphatic rings. The highest BCUT2D eigenvalue weighted by Crippen LogP contribution is 2.12. The monoisotopic (exact) mass is 188 g/mol. The Bertz CT molecular complexity index is 468. The largest absolute Gasteiger partial charge is 0.302 e. The Morgan fingerprint density at radius 1 is 1.29 bits per heavy atom. The van der Waals surface area contributed by atoms with Gasteiger partial charge in [-0.3, -0.25) is 9.48 Å². The van der Waals surface area contributed by atoms with Crippen molar-refractivity contribution in [3.05, 3.63) is 46.9 Å². The fourth-order valence-corrected chi connectivity index (χ4v) is 1.47. The number of nitrogens with one attached hydrogen (secondary N) is 1. The van der Waals surface area contributed by atoms with Crippen molar-refractivity contribution in [3.8, 4) is 11.1 Å². The maximum absolute atomic E-state index is 11.7. The van der Waals surface area contributed by atoms with Crippen LogP contribution in [0.1, 0.15) is 6.92 Å². The third kappa shape index (κ3) is 1.37. The van der Waals surface area contributed by atoms with Gasteiger partial charge < -0.3 is 5.10 Å². The maximum Gasteiger partial charge on any atom is 0.274 e. The smallest absolute Gasteiger partial charge is 0.274 e. The van der Waals surface area contributed by atoms with E-state index < -0.39 is 0 Å². The molecule has 3 nitrogen and oxygen atoms in total. The van der Waals surface area contributed by atoms with E-state index in [1.165, 1.54) is 0 Å². The van der Waals surface area contributed by atoms with Gasteiger partial charge in [0.2, 0.25) is 0 Å². The van der Waals surface area contributed by atoms with Crippen molar-refractivity contribution in [2.45, 2.75) is 13.5 Å². The average Bonchev–Trinajstić information content (AvgIpc) is 2.61. The van der Waals surface area contributed by atoms with Crippen molar-refractivity contribution in [1.29, 1.82) is 0 Å². The minimum atomic E-state index is 0.0405. The van der Waals surface area contributed by atoms with Crippen molar-refractivity contribution in [3.63, 3.8) is 0 Å². The standard InChI is InChI=1S/C11H12N2O/c1-2-13-11(14)10(8-12-13)9-6-4-3-5-7-9/h3-8,12H,2H2,1H3. The summed E-state index contributed by atoms with van der Waals surface area (Å²) in [4.78, 5) is 11.7. The molecule has 2 aromatic rings. The second-order valence-electron chi connectivity index (χ2n) is 3.10. The number of H-pyrrole nitrogens is 1. The normalized spacial score (nSPS) is 10.4. The number of nitrogens with zero attached hydrogens (tertiary/aromatic N) is 1. The summed E-state index contributed by atoms with van der Waals surface area (Å²) < 4.78 is 1.59. The molecule has 1 heterocycles. The Hall–Kier alpha value is -1.77. The summed E-state index contributed by atoms with van der Waals surface area (Å²) in [6.07, 6.45) is 1.75. The van der Waals surface area contributed by atoms with Gasteiger partial charge >= 0.3 is 0 Å². The van der Waals surface area contributed by atoms with Crippen LogP contribution in [0.2, 0.25) is 0 Å². The zero-order chi connectivity index (χ0) is 9.97. The predicted octanol–water partition coefficient (Wildman–Crippen LogP) is 1.86. The van der Waals surface area contributed by atoms with E-state index in [9.17, 15) is 4.79 Å². The lowest BCUT2D eigenvalue weighted by atomic mass is 10.1. The maximum atomic E-state index is 11.7. The topological polar surface area (TPSA) is 37.8 Å². The van der Waals surface area contributed by atoms with E-state index in [0.29, 0.717) is 6.54 Å². The van der Waals surface area contributed by atoms with Gasteiger partial charge in [-0.25, -0.2) is 0 Å². The summed E-state index contributed by atoms with van der Waals surface area (Å²) in [5, 5.41) is 2.93. The van der Waals surface area contributed by atoms with Crippen LogP contribution in [0.25, 0.3) is 11.1 Å². The Kier molecular flexibility index (Phi) is 2.23. The molecule has 0 aliphatic carbocycles. The molecule has 0 aliphatic heterocycles. The van der Waals surface area contributed by atoms with Gasteiger partial charge in [0, 0.05) is 12.7 Å². The number of hydrogen-bond acceptors (Lipinski definition) is 1. The van der Waals surface area contributed by atoms with Gasteiger partial charge in [0.05, 0.1) is 5.56 Å². The molecule has 1 aromatic carbocycles. The fourth-order valence-electron chi connectivity index (χ4n) is 1.47.